The summed E-state index contributed by atoms with van der Waals surface area (Å²) in [6.45, 7) is 23.9. The predicted molar refractivity (Wildman–Crippen MR) is 495 cm³/mol. The Labute approximate surface area is 738 Å². The molecule has 0 saturated carbocycles. The van der Waals surface area contributed by atoms with Crippen molar-refractivity contribution in [2.24, 2.45) is 0 Å². The molecule has 628 valence electrons. The van der Waals surface area contributed by atoms with Crippen LogP contribution in [-0.4, -0.2) is 82.9 Å². The van der Waals surface area contributed by atoms with Crippen LogP contribution in [0.2, 0.25) is 5.02 Å². The fraction of sp³-hybridized carbons (Fsp3) is 0.255. The fourth-order valence-electron chi connectivity index (χ4n) is 14.0. The van der Waals surface area contributed by atoms with Crippen LogP contribution < -0.4 is 4.74 Å². The number of ketones is 4. The van der Waals surface area contributed by atoms with Gasteiger partial charge < -0.3 is 4.74 Å². The third-order valence-electron chi connectivity index (χ3n) is 20.6. The second kappa shape index (κ2) is 46.4. The second-order valence-electron chi connectivity index (χ2n) is 31.4. The highest BCUT2D eigenvalue weighted by Gasteiger charge is 2.23. The van der Waals surface area contributed by atoms with E-state index in [2.05, 4.69) is 237 Å². The number of ether oxygens (including phenoxy) is 1. The minimum atomic E-state index is -0.249. The number of benzene rings is 10. The number of carbonyl (C=O) groups is 4. The Balaban J connectivity index is 0.000000160. The van der Waals surface area contributed by atoms with Crippen LogP contribution in [0.15, 0.2) is 288 Å². The molecule has 13 nitrogen and oxygen atoms in total. The van der Waals surface area contributed by atoms with E-state index in [1.54, 1.807) is 78.7 Å². The van der Waals surface area contributed by atoms with Crippen molar-refractivity contribution < 1.29 is 32.7 Å². The van der Waals surface area contributed by atoms with Crippen molar-refractivity contribution in [3.63, 3.8) is 0 Å². The molecule has 0 amide bonds. The first-order valence-corrected chi connectivity index (χ1v) is 44.7. The number of methoxy groups -OCH3 is 1. The number of aromatic nitrogens is 4. The highest BCUT2D eigenvalue weighted by Crippen LogP contribution is 2.33. The molecule has 0 aliphatic heterocycles. The zero-order valence-corrected chi connectivity index (χ0v) is 74.7. The SMILES string of the molecule is CC(=O)c1csc(CN(CCC(c2ccccc2)c2ccccc2)Cc2ccc(C(C)(C)C)cc2)n1.CC(=O)c1csc(CN(CCC(c2ccccc2)c2ccccc2)Cc2ccc(C)cc2)n1.CC(=O)c1csc(CN(Cc2ccc(F)cc2)Cc2cccc(Cl)c2)n1.COc1ccc(CN(Cc2ccc(F)cc2)Cc2nc(C(C)=O)cs2)cc1. The smallest absolute Gasteiger partial charge is 0.178 e. The number of hydrogen-bond donors (Lipinski definition) is 0. The summed E-state index contributed by atoms with van der Waals surface area (Å²) in [5, 5.41) is 11.8. The summed E-state index contributed by atoms with van der Waals surface area (Å²) in [5.74, 6) is 0.956. The molecule has 0 atom stereocenters. The van der Waals surface area contributed by atoms with Gasteiger partial charge >= 0.3 is 0 Å². The summed E-state index contributed by atoms with van der Waals surface area (Å²) >= 11 is 12.2. The lowest BCUT2D eigenvalue weighted by molar-refractivity contribution is 0.100. The molecular weight excluding hydrogens is 1620 g/mol. The topological polar surface area (TPSA) is 142 Å². The van der Waals surface area contributed by atoms with Gasteiger partial charge in [-0.15, -0.1) is 45.3 Å². The first-order valence-electron chi connectivity index (χ1n) is 40.8. The maximum atomic E-state index is 13.2. The molecule has 4 heterocycles. The zero-order chi connectivity index (χ0) is 86.3. The molecule has 14 aromatic rings. The van der Waals surface area contributed by atoms with Crippen LogP contribution in [0.5, 0.6) is 5.75 Å². The van der Waals surface area contributed by atoms with Crippen LogP contribution >= 0.6 is 56.9 Å². The first-order chi connectivity index (χ1) is 58.9. The molecule has 0 unspecified atom stereocenters. The molecule has 0 bridgehead atoms. The van der Waals surface area contributed by atoms with E-state index >= 15 is 0 Å². The van der Waals surface area contributed by atoms with Crippen LogP contribution in [0.4, 0.5) is 8.78 Å². The quantitative estimate of drug-likeness (QED) is 0.0348. The number of rotatable bonds is 35. The molecule has 122 heavy (non-hydrogen) atoms. The van der Waals surface area contributed by atoms with Gasteiger partial charge in [-0.05, 0) is 148 Å². The van der Waals surface area contributed by atoms with Crippen LogP contribution in [-0.2, 0) is 70.9 Å². The number of carbonyl (C=O) groups excluding carboxylic acids is 4. The third-order valence-corrected chi connectivity index (χ3v) is 24.2. The lowest BCUT2D eigenvalue weighted by atomic mass is 9.86. The van der Waals surface area contributed by atoms with Gasteiger partial charge in [-0.2, -0.15) is 0 Å². The van der Waals surface area contributed by atoms with Crippen molar-refractivity contribution in [2.45, 2.75) is 151 Å². The number of nitrogens with zero attached hydrogens (tertiary/aromatic N) is 8. The van der Waals surface area contributed by atoms with Crippen molar-refractivity contribution in [2.75, 3.05) is 20.2 Å². The van der Waals surface area contributed by atoms with Crippen LogP contribution in [0.3, 0.4) is 0 Å². The summed E-state index contributed by atoms with van der Waals surface area (Å²) in [5.41, 5.74) is 17.1. The lowest BCUT2D eigenvalue weighted by Gasteiger charge is -2.26. The minimum Gasteiger partial charge on any atom is -0.497 e. The average molecular weight is 1720 g/mol. The minimum absolute atomic E-state index is 0.0232. The van der Waals surface area contributed by atoms with Gasteiger partial charge in [0, 0.05) is 105 Å². The molecular formula is C102H105ClF2N8O5S4. The normalized spacial score (nSPS) is 11.3. The van der Waals surface area contributed by atoms with Crippen molar-refractivity contribution >= 4 is 80.1 Å². The van der Waals surface area contributed by atoms with Crippen LogP contribution in [0, 0.1) is 18.6 Å². The molecule has 0 fully saturated rings. The maximum absolute atomic E-state index is 13.2. The highest BCUT2D eigenvalue weighted by atomic mass is 35.5. The average Bonchev–Trinajstić information content (AvgIpc) is 0.857. The summed E-state index contributed by atoms with van der Waals surface area (Å²) in [4.78, 5) is 73.9. The summed E-state index contributed by atoms with van der Waals surface area (Å²) in [6.07, 6.45) is 2.00. The van der Waals surface area contributed by atoms with Gasteiger partial charge in [-0.3, -0.25) is 38.8 Å². The van der Waals surface area contributed by atoms with Crippen molar-refractivity contribution in [1.29, 1.82) is 0 Å². The summed E-state index contributed by atoms with van der Waals surface area (Å²) < 4.78 is 31.6. The Bertz CT molecular complexity index is 5480. The first kappa shape index (κ1) is 91.9. The molecule has 0 saturated heterocycles. The number of Topliss-reactive ketones (excluding diaryl/α,β-unsaturated/α-hetero) is 4. The molecule has 0 spiro atoms. The standard InChI is InChI=1S/C32H36N2OS.C29H30N2OS.C21H21FN2O2S.C20H18ClFN2OS/c1-24(35)30-23-36-31(33-30)22-34(21-25-15-17-28(18-16-25)32(2,3)4)20-19-29(26-11-7-5-8-12-26)27-13-9-6-10-14-27;1-22-13-15-24(16-14-22)19-31(20-29-30-28(21-33-29)23(2)32)18-17-27(25-9-5-3-6-10-25)26-11-7-4-8-12-26;1-15(25)20-14-27-21(23-20)13-24(11-16-3-7-18(22)8-4-16)12-17-5-9-19(26-2)10-6-17;1-14(25)19-13-26-20(23-19)12-24(10-15-5-7-18(22)8-6-15)11-16-3-2-4-17(21)9-16/h5-18,23,29H,19-22H2,1-4H3;3-16,21,27H,17-20H2,1-2H3;3-10,14H,11-13H2,1-2H3;2-9,13H,10-12H2,1H3. The highest BCUT2D eigenvalue weighted by molar-refractivity contribution is 7.10. The lowest BCUT2D eigenvalue weighted by Crippen LogP contribution is -2.25. The van der Waals surface area contributed by atoms with Gasteiger partial charge in [0.1, 0.15) is 60.2 Å². The van der Waals surface area contributed by atoms with E-state index in [9.17, 15) is 28.0 Å². The molecule has 4 aromatic heterocycles. The van der Waals surface area contributed by atoms with E-state index < -0.39 is 0 Å². The van der Waals surface area contributed by atoms with Gasteiger partial charge in [-0.1, -0.05) is 256 Å². The predicted octanol–water partition coefficient (Wildman–Crippen LogP) is 24.8. The second-order valence-corrected chi connectivity index (χ2v) is 35.6. The molecule has 10 aromatic carbocycles. The van der Waals surface area contributed by atoms with Crippen molar-refractivity contribution in [1.82, 2.24) is 39.5 Å². The van der Waals surface area contributed by atoms with E-state index in [0.29, 0.717) is 78.9 Å². The zero-order valence-electron chi connectivity index (χ0n) is 70.7. The number of aryl methyl sites for hydroxylation is 1. The number of thiazole rings is 4. The largest absolute Gasteiger partial charge is 0.497 e. The van der Waals surface area contributed by atoms with E-state index in [1.807, 2.05) is 59.3 Å². The molecule has 20 heteroatoms. The van der Waals surface area contributed by atoms with E-state index in [4.69, 9.17) is 16.3 Å². The van der Waals surface area contributed by atoms with Crippen LogP contribution in [0.1, 0.15) is 202 Å². The molecule has 14 rings (SSSR count). The van der Waals surface area contributed by atoms with Gasteiger partial charge in [-0.25, -0.2) is 28.7 Å². The van der Waals surface area contributed by atoms with E-state index in [-0.39, 0.29) is 40.2 Å². The number of halogens is 3. The fourth-order valence-corrected chi connectivity index (χ4v) is 17.7. The summed E-state index contributed by atoms with van der Waals surface area (Å²) in [7, 11) is 1.64. The van der Waals surface area contributed by atoms with Gasteiger partial charge in [0.15, 0.2) is 23.1 Å². The van der Waals surface area contributed by atoms with Crippen molar-refractivity contribution in [3.8, 4) is 5.75 Å². The molecule has 0 radical (unpaired) electrons. The van der Waals surface area contributed by atoms with Crippen molar-refractivity contribution in [3.05, 3.63) is 415 Å². The Morgan fingerprint density at radius 3 is 0.943 bits per heavy atom. The number of hydrogen-bond acceptors (Lipinski definition) is 17. The summed E-state index contributed by atoms with van der Waals surface area (Å²) in [6, 6.07) is 89.5. The van der Waals surface area contributed by atoms with Crippen LogP contribution in [0.25, 0.3) is 0 Å². The van der Waals surface area contributed by atoms with E-state index in [0.717, 1.165) is 100 Å². The molecule has 0 aliphatic rings. The Hall–Kier alpha value is -10.8. The molecule has 0 aliphatic carbocycles. The van der Waals surface area contributed by atoms with Gasteiger partial charge in [0.05, 0.1) is 33.3 Å². The monoisotopic (exact) mass is 1720 g/mol. The van der Waals surface area contributed by atoms with Gasteiger partial charge in [0.25, 0.3) is 0 Å². The van der Waals surface area contributed by atoms with Gasteiger partial charge in [0.2, 0.25) is 0 Å². The van der Waals surface area contributed by atoms with E-state index in [1.165, 1.54) is 105 Å². The Kier molecular flexibility index (Phi) is 35.0. The maximum Gasteiger partial charge on any atom is 0.178 e. The molecule has 0 N–H and O–H groups in total. The Morgan fingerprint density at radius 2 is 0.648 bits per heavy atom. The Morgan fingerprint density at radius 1 is 0.361 bits per heavy atom. The third kappa shape index (κ3) is 29.8.